The molecule has 2 unspecified atom stereocenters. The number of hydrogen-bond acceptors (Lipinski definition) is 4. The van der Waals surface area contributed by atoms with Crippen LogP contribution in [0.3, 0.4) is 0 Å². The van der Waals surface area contributed by atoms with Crippen molar-refractivity contribution in [3.63, 3.8) is 0 Å². The topological polar surface area (TPSA) is 84.9 Å². The van der Waals surface area contributed by atoms with E-state index in [0.717, 1.165) is 25.7 Å². The fraction of sp³-hybridized carbons (Fsp3) is 0.619. The molecule has 0 saturated heterocycles. The van der Waals surface area contributed by atoms with Gasteiger partial charge in [0.15, 0.2) is 0 Å². The van der Waals surface area contributed by atoms with Gasteiger partial charge in [0, 0.05) is 0 Å². The molecule has 1 fully saturated rings. The third kappa shape index (κ3) is 6.24. The quantitative estimate of drug-likeness (QED) is 0.676. The molecule has 0 aromatic heterocycles. The van der Waals surface area contributed by atoms with Gasteiger partial charge in [0.05, 0.1) is 25.2 Å². The van der Waals surface area contributed by atoms with Crippen molar-refractivity contribution < 1.29 is 24.2 Å². The molecule has 150 valence electrons. The summed E-state index contributed by atoms with van der Waals surface area (Å²) in [5.41, 5.74) is -0.377. The van der Waals surface area contributed by atoms with Crippen molar-refractivity contribution in [1.29, 1.82) is 0 Å². The maximum atomic E-state index is 12.8. The Morgan fingerprint density at radius 3 is 2.52 bits per heavy atom. The van der Waals surface area contributed by atoms with Crippen LogP contribution in [0.4, 0.5) is 0 Å². The molecule has 1 saturated carbocycles. The molecule has 2 atom stereocenters. The average Bonchev–Trinajstić information content (AvgIpc) is 2.89. The van der Waals surface area contributed by atoms with Crippen LogP contribution >= 0.6 is 0 Å². The SMILES string of the molecule is COc1cccc(C(C)(CC(=O)O)NC(=O)C(C)OC2CCCCCC2)c1. The minimum Gasteiger partial charge on any atom is -0.497 e. The third-order valence-electron chi connectivity index (χ3n) is 5.18. The Morgan fingerprint density at radius 2 is 1.93 bits per heavy atom. The van der Waals surface area contributed by atoms with Crippen LogP contribution in [0.2, 0.25) is 0 Å². The number of amides is 1. The highest BCUT2D eigenvalue weighted by Crippen LogP contribution is 2.28. The van der Waals surface area contributed by atoms with Gasteiger partial charge in [0.1, 0.15) is 11.9 Å². The lowest BCUT2D eigenvalue weighted by Gasteiger charge is -2.32. The lowest BCUT2D eigenvalue weighted by Crippen LogP contribution is -2.49. The predicted octanol–water partition coefficient (Wildman–Crippen LogP) is 3.63. The van der Waals surface area contributed by atoms with Gasteiger partial charge in [0.25, 0.3) is 0 Å². The molecule has 6 heteroatoms. The van der Waals surface area contributed by atoms with Crippen LogP contribution in [0.1, 0.15) is 64.4 Å². The lowest BCUT2D eigenvalue weighted by molar-refractivity contribution is -0.141. The molecule has 1 aliphatic rings. The molecule has 27 heavy (non-hydrogen) atoms. The molecule has 0 radical (unpaired) electrons. The van der Waals surface area contributed by atoms with Crippen molar-refractivity contribution in [1.82, 2.24) is 5.32 Å². The van der Waals surface area contributed by atoms with Crippen molar-refractivity contribution in [2.24, 2.45) is 0 Å². The average molecular weight is 377 g/mol. The van der Waals surface area contributed by atoms with Crippen LogP contribution in [-0.2, 0) is 19.9 Å². The van der Waals surface area contributed by atoms with Gasteiger partial charge in [-0.25, -0.2) is 0 Å². The Balaban J connectivity index is 2.11. The number of carboxylic acid groups (broad SMARTS) is 1. The molecule has 6 nitrogen and oxygen atoms in total. The van der Waals surface area contributed by atoms with Crippen molar-refractivity contribution in [3.05, 3.63) is 29.8 Å². The minimum absolute atomic E-state index is 0.0933. The second kappa shape index (κ2) is 9.74. The number of carbonyl (C=O) groups excluding carboxylic acids is 1. The van der Waals surface area contributed by atoms with E-state index in [1.54, 1.807) is 45.2 Å². The van der Waals surface area contributed by atoms with Gasteiger partial charge in [-0.05, 0) is 44.4 Å². The van der Waals surface area contributed by atoms with Gasteiger partial charge >= 0.3 is 5.97 Å². The number of methoxy groups -OCH3 is 1. The molecule has 2 rings (SSSR count). The van der Waals surface area contributed by atoms with E-state index in [1.165, 1.54) is 12.8 Å². The van der Waals surface area contributed by atoms with Crippen molar-refractivity contribution in [3.8, 4) is 5.75 Å². The van der Waals surface area contributed by atoms with E-state index in [2.05, 4.69) is 5.32 Å². The maximum absolute atomic E-state index is 12.8. The van der Waals surface area contributed by atoms with E-state index < -0.39 is 17.6 Å². The zero-order valence-corrected chi connectivity index (χ0v) is 16.5. The van der Waals surface area contributed by atoms with Gasteiger partial charge < -0.3 is 19.9 Å². The number of rotatable bonds is 8. The molecule has 2 N–H and O–H groups in total. The Kier molecular flexibility index (Phi) is 7.66. The first-order valence-corrected chi connectivity index (χ1v) is 9.68. The summed E-state index contributed by atoms with van der Waals surface area (Å²) in [7, 11) is 1.55. The fourth-order valence-corrected chi connectivity index (χ4v) is 3.59. The number of hydrogen-bond donors (Lipinski definition) is 2. The molecular weight excluding hydrogens is 346 g/mol. The Hall–Kier alpha value is -2.08. The summed E-state index contributed by atoms with van der Waals surface area (Å²) in [5, 5.41) is 12.3. The van der Waals surface area contributed by atoms with Gasteiger partial charge in [-0.3, -0.25) is 9.59 Å². The second-order valence-corrected chi connectivity index (χ2v) is 7.52. The molecular formula is C21H31NO5. The molecule has 0 heterocycles. The molecule has 1 aromatic carbocycles. The third-order valence-corrected chi connectivity index (χ3v) is 5.18. The van der Waals surface area contributed by atoms with E-state index in [4.69, 9.17) is 9.47 Å². The first-order valence-electron chi connectivity index (χ1n) is 9.68. The smallest absolute Gasteiger partial charge is 0.306 e. The van der Waals surface area contributed by atoms with Gasteiger partial charge in [0.2, 0.25) is 5.91 Å². The van der Waals surface area contributed by atoms with Crippen molar-refractivity contribution >= 4 is 11.9 Å². The Bertz CT molecular complexity index is 639. The summed E-state index contributed by atoms with van der Waals surface area (Å²) in [6.07, 6.45) is 5.85. The first kappa shape index (κ1) is 21.2. The summed E-state index contributed by atoms with van der Waals surface area (Å²) >= 11 is 0. The lowest BCUT2D eigenvalue weighted by atomic mass is 9.88. The van der Waals surface area contributed by atoms with E-state index >= 15 is 0 Å². The zero-order chi connectivity index (χ0) is 19.9. The van der Waals surface area contributed by atoms with Crippen LogP contribution in [0.25, 0.3) is 0 Å². The highest BCUT2D eigenvalue weighted by Gasteiger charge is 2.34. The molecule has 1 aliphatic carbocycles. The summed E-state index contributed by atoms with van der Waals surface area (Å²) in [4.78, 5) is 24.2. The zero-order valence-electron chi connectivity index (χ0n) is 16.5. The van der Waals surface area contributed by atoms with E-state index in [1.807, 2.05) is 0 Å². The van der Waals surface area contributed by atoms with Crippen molar-refractivity contribution in [2.75, 3.05) is 7.11 Å². The van der Waals surface area contributed by atoms with Crippen LogP contribution in [-0.4, -0.2) is 36.3 Å². The summed E-state index contributed by atoms with van der Waals surface area (Å²) in [6.45, 7) is 3.44. The first-order chi connectivity index (χ1) is 12.8. The monoisotopic (exact) mass is 377 g/mol. The highest BCUT2D eigenvalue weighted by molar-refractivity contribution is 5.82. The van der Waals surface area contributed by atoms with Crippen LogP contribution < -0.4 is 10.1 Å². The largest absolute Gasteiger partial charge is 0.497 e. The molecule has 0 bridgehead atoms. The number of ether oxygens (including phenoxy) is 2. The number of carbonyl (C=O) groups is 2. The van der Waals surface area contributed by atoms with Crippen LogP contribution in [0.5, 0.6) is 5.75 Å². The van der Waals surface area contributed by atoms with E-state index in [-0.39, 0.29) is 18.4 Å². The standard InChI is InChI=1S/C21H31NO5/c1-15(27-17-10-6-4-5-7-11-17)20(25)22-21(2,14-19(23)24)16-9-8-12-18(13-16)26-3/h8-9,12-13,15,17H,4-7,10-11,14H2,1-3H3,(H,22,25)(H,23,24). The van der Waals surface area contributed by atoms with E-state index in [0.29, 0.717) is 11.3 Å². The van der Waals surface area contributed by atoms with Crippen LogP contribution in [0, 0.1) is 0 Å². The predicted molar refractivity (Wildman–Crippen MR) is 103 cm³/mol. The van der Waals surface area contributed by atoms with Gasteiger partial charge in [-0.2, -0.15) is 0 Å². The number of aliphatic carboxylic acids is 1. The normalized spacial score (nSPS) is 18.8. The fourth-order valence-electron chi connectivity index (χ4n) is 3.59. The molecule has 1 aromatic rings. The number of benzene rings is 1. The van der Waals surface area contributed by atoms with Crippen LogP contribution in [0.15, 0.2) is 24.3 Å². The summed E-state index contributed by atoms with van der Waals surface area (Å²) in [5.74, 6) is -0.676. The van der Waals surface area contributed by atoms with E-state index in [9.17, 15) is 14.7 Å². The maximum Gasteiger partial charge on any atom is 0.306 e. The van der Waals surface area contributed by atoms with Gasteiger partial charge in [-0.1, -0.05) is 37.8 Å². The van der Waals surface area contributed by atoms with Gasteiger partial charge in [-0.15, -0.1) is 0 Å². The minimum atomic E-state index is -1.06. The number of nitrogens with one attached hydrogen (secondary N) is 1. The summed E-state index contributed by atoms with van der Waals surface area (Å²) in [6, 6.07) is 7.11. The molecule has 0 aliphatic heterocycles. The second-order valence-electron chi connectivity index (χ2n) is 7.52. The Labute approximate surface area is 161 Å². The molecule has 0 spiro atoms. The molecule has 1 amide bonds. The highest BCUT2D eigenvalue weighted by atomic mass is 16.5. The Morgan fingerprint density at radius 1 is 1.26 bits per heavy atom. The summed E-state index contributed by atoms with van der Waals surface area (Å²) < 4.78 is 11.2. The number of carboxylic acids is 1. The van der Waals surface area contributed by atoms with Crippen molar-refractivity contribution in [2.45, 2.75) is 76.5 Å².